The molecule has 2 aromatic rings. The van der Waals surface area contributed by atoms with Gasteiger partial charge in [-0.15, -0.1) is 0 Å². The van der Waals surface area contributed by atoms with Crippen molar-refractivity contribution in [3.8, 4) is 5.75 Å². The van der Waals surface area contributed by atoms with E-state index in [4.69, 9.17) is 21.1 Å². The lowest BCUT2D eigenvalue weighted by Gasteiger charge is -2.14. The number of nitrogens with one attached hydrogen (secondary N) is 1. The van der Waals surface area contributed by atoms with Crippen molar-refractivity contribution in [3.63, 3.8) is 0 Å². The number of rotatable bonds is 8. The monoisotopic (exact) mass is 387 g/mol. The van der Waals surface area contributed by atoms with Crippen molar-refractivity contribution in [2.24, 2.45) is 0 Å². The zero-order valence-electron chi connectivity index (χ0n) is 15.3. The molecule has 0 heterocycles. The lowest BCUT2D eigenvalue weighted by molar-refractivity contribution is -0.144. The van der Waals surface area contributed by atoms with Gasteiger partial charge in [0.05, 0.1) is 12.6 Å². The third-order valence-electron chi connectivity index (χ3n) is 3.70. The predicted octanol–water partition coefficient (Wildman–Crippen LogP) is 4.17. The molecule has 0 aliphatic heterocycles. The van der Waals surface area contributed by atoms with Gasteiger partial charge in [-0.1, -0.05) is 35.9 Å². The fourth-order valence-electron chi connectivity index (χ4n) is 2.31. The summed E-state index contributed by atoms with van der Waals surface area (Å²) in [5.41, 5.74) is 1.74. The fourth-order valence-corrected chi connectivity index (χ4v) is 2.43. The summed E-state index contributed by atoms with van der Waals surface area (Å²) in [6.45, 7) is 4.01. The zero-order valence-corrected chi connectivity index (χ0v) is 16.0. The molecular formula is C21H22ClNO4. The van der Waals surface area contributed by atoms with Crippen molar-refractivity contribution >= 4 is 29.6 Å². The summed E-state index contributed by atoms with van der Waals surface area (Å²) in [5.74, 6) is -0.192. The highest BCUT2D eigenvalue weighted by atomic mass is 35.5. The molecule has 0 aliphatic carbocycles. The maximum atomic E-state index is 11.9. The van der Waals surface area contributed by atoms with Crippen molar-refractivity contribution in [1.82, 2.24) is 5.32 Å². The number of halogens is 1. The van der Waals surface area contributed by atoms with Gasteiger partial charge in [0.25, 0.3) is 5.91 Å². The number of ether oxygens (including phenoxy) is 2. The van der Waals surface area contributed by atoms with Gasteiger partial charge >= 0.3 is 5.97 Å². The summed E-state index contributed by atoms with van der Waals surface area (Å²) in [4.78, 5) is 23.7. The molecule has 0 saturated heterocycles. The number of amides is 1. The molecule has 0 unspecified atom stereocenters. The average molecular weight is 388 g/mol. The zero-order chi connectivity index (χ0) is 19.6. The molecule has 5 nitrogen and oxygen atoms in total. The van der Waals surface area contributed by atoms with Gasteiger partial charge in [0.1, 0.15) is 5.75 Å². The standard InChI is InChI=1S/C21H22ClNO4/c1-3-26-19-11-4-16(5-12-19)6-13-21(25)27-14-20(24)23-15(2)17-7-9-18(22)10-8-17/h4-13,15H,3,14H2,1-2H3,(H,23,24)/b13-6+/t15-/m1/s1. The first-order valence-electron chi connectivity index (χ1n) is 8.60. The van der Waals surface area contributed by atoms with Gasteiger partial charge in [0, 0.05) is 11.1 Å². The molecule has 0 radical (unpaired) electrons. The summed E-state index contributed by atoms with van der Waals surface area (Å²) in [7, 11) is 0. The van der Waals surface area contributed by atoms with E-state index in [0.717, 1.165) is 16.9 Å². The van der Waals surface area contributed by atoms with Crippen molar-refractivity contribution in [2.45, 2.75) is 19.9 Å². The Morgan fingerprint density at radius 3 is 2.41 bits per heavy atom. The first-order chi connectivity index (χ1) is 13.0. The molecule has 142 valence electrons. The van der Waals surface area contributed by atoms with Crippen LogP contribution >= 0.6 is 11.6 Å². The number of carbonyl (C=O) groups is 2. The molecule has 2 aromatic carbocycles. The normalized spacial score (nSPS) is 11.8. The highest BCUT2D eigenvalue weighted by Gasteiger charge is 2.11. The highest BCUT2D eigenvalue weighted by molar-refractivity contribution is 6.30. The second kappa shape index (κ2) is 10.4. The Balaban J connectivity index is 1.77. The molecule has 0 spiro atoms. The second-order valence-electron chi connectivity index (χ2n) is 5.78. The van der Waals surface area contributed by atoms with E-state index in [2.05, 4.69) is 5.32 Å². The van der Waals surface area contributed by atoms with Gasteiger partial charge < -0.3 is 14.8 Å². The number of hydrogen-bond donors (Lipinski definition) is 1. The smallest absolute Gasteiger partial charge is 0.331 e. The molecule has 2 rings (SSSR count). The van der Waals surface area contributed by atoms with E-state index < -0.39 is 5.97 Å². The summed E-state index contributed by atoms with van der Waals surface area (Å²) in [6, 6.07) is 14.3. The summed E-state index contributed by atoms with van der Waals surface area (Å²) >= 11 is 5.84. The first kappa shape index (κ1) is 20.5. The number of benzene rings is 2. The topological polar surface area (TPSA) is 64.6 Å². The van der Waals surface area contributed by atoms with Crippen LogP contribution in [0.15, 0.2) is 54.6 Å². The summed E-state index contributed by atoms with van der Waals surface area (Å²) in [6.07, 6.45) is 2.90. The fraction of sp³-hybridized carbons (Fsp3) is 0.238. The SMILES string of the molecule is CCOc1ccc(/C=C/C(=O)OCC(=O)N[C@H](C)c2ccc(Cl)cc2)cc1. The van der Waals surface area contributed by atoms with Gasteiger partial charge in [0.2, 0.25) is 0 Å². The molecule has 1 amide bonds. The molecule has 0 saturated carbocycles. The van der Waals surface area contributed by atoms with E-state index in [0.29, 0.717) is 11.6 Å². The highest BCUT2D eigenvalue weighted by Crippen LogP contribution is 2.16. The Morgan fingerprint density at radius 1 is 1.11 bits per heavy atom. The number of hydrogen-bond acceptors (Lipinski definition) is 4. The molecule has 6 heteroatoms. The van der Waals surface area contributed by atoms with Crippen LogP contribution in [0.2, 0.25) is 5.02 Å². The maximum Gasteiger partial charge on any atom is 0.331 e. The molecular weight excluding hydrogens is 366 g/mol. The third-order valence-corrected chi connectivity index (χ3v) is 3.95. The van der Waals surface area contributed by atoms with E-state index in [1.54, 1.807) is 18.2 Å². The molecule has 27 heavy (non-hydrogen) atoms. The Labute approximate surface area is 163 Å². The van der Waals surface area contributed by atoms with Crippen LogP contribution in [0.5, 0.6) is 5.75 Å². The number of carbonyl (C=O) groups excluding carboxylic acids is 2. The van der Waals surface area contributed by atoms with Crippen LogP contribution in [0.1, 0.15) is 31.0 Å². The molecule has 0 aliphatic rings. The third kappa shape index (κ3) is 7.15. The van der Waals surface area contributed by atoms with Crippen LogP contribution in [0.3, 0.4) is 0 Å². The predicted molar refractivity (Wildman–Crippen MR) is 106 cm³/mol. The number of esters is 1. The van der Waals surface area contributed by atoms with Crippen molar-refractivity contribution in [3.05, 3.63) is 70.8 Å². The Morgan fingerprint density at radius 2 is 1.78 bits per heavy atom. The van der Waals surface area contributed by atoms with Crippen LogP contribution in [-0.4, -0.2) is 25.1 Å². The molecule has 0 bridgehead atoms. The van der Waals surface area contributed by atoms with Gasteiger partial charge in [0.15, 0.2) is 6.61 Å². The average Bonchev–Trinajstić information content (AvgIpc) is 2.66. The molecule has 1 atom stereocenters. The Bertz CT molecular complexity index is 785. The van der Waals surface area contributed by atoms with Crippen molar-refractivity contribution < 1.29 is 19.1 Å². The van der Waals surface area contributed by atoms with Crippen molar-refractivity contribution in [1.29, 1.82) is 0 Å². The van der Waals surface area contributed by atoms with E-state index in [1.165, 1.54) is 6.08 Å². The molecule has 0 fully saturated rings. The minimum atomic E-state index is -0.585. The van der Waals surface area contributed by atoms with E-state index in [-0.39, 0.29) is 18.6 Å². The summed E-state index contributed by atoms with van der Waals surface area (Å²) in [5, 5.41) is 3.40. The van der Waals surface area contributed by atoms with Crippen LogP contribution in [0.4, 0.5) is 0 Å². The minimum Gasteiger partial charge on any atom is -0.494 e. The van der Waals surface area contributed by atoms with E-state index in [9.17, 15) is 9.59 Å². The minimum absolute atomic E-state index is 0.215. The van der Waals surface area contributed by atoms with Crippen LogP contribution in [-0.2, 0) is 14.3 Å². The van der Waals surface area contributed by atoms with Gasteiger partial charge in [-0.25, -0.2) is 4.79 Å². The van der Waals surface area contributed by atoms with Crippen LogP contribution < -0.4 is 10.1 Å². The van der Waals surface area contributed by atoms with Crippen molar-refractivity contribution in [2.75, 3.05) is 13.2 Å². The molecule has 0 aromatic heterocycles. The van der Waals surface area contributed by atoms with E-state index >= 15 is 0 Å². The lowest BCUT2D eigenvalue weighted by atomic mass is 10.1. The lowest BCUT2D eigenvalue weighted by Crippen LogP contribution is -2.30. The van der Waals surface area contributed by atoms with Gasteiger partial charge in [-0.2, -0.15) is 0 Å². The Kier molecular flexibility index (Phi) is 7.89. The quantitative estimate of drug-likeness (QED) is 0.545. The Hall–Kier alpha value is -2.79. The van der Waals surface area contributed by atoms with Gasteiger partial charge in [-0.3, -0.25) is 4.79 Å². The summed E-state index contributed by atoms with van der Waals surface area (Å²) < 4.78 is 10.3. The molecule has 1 N–H and O–H groups in total. The van der Waals surface area contributed by atoms with Crippen LogP contribution in [0, 0.1) is 0 Å². The van der Waals surface area contributed by atoms with Crippen LogP contribution in [0.25, 0.3) is 6.08 Å². The largest absolute Gasteiger partial charge is 0.494 e. The van der Waals surface area contributed by atoms with E-state index in [1.807, 2.05) is 50.2 Å². The first-order valence-corrected chi connectivity index (χ1v) is 8.98. The maximum absolute atomic E-state index is 11.9. The van der Waals surface area contributed by atoms with Gasteiger partial charge in [-0.05, 0) is 55.3 Å². The second-order valence-corrected chi connectivity index (χ2v) is 6.22.